The number of aromatic nitrogens is 2. The molecule has 156 valence electrons. The maximum Gasteiger partial charge on any atom is 0.407 e. The highest BCUT2D eigenvalue weighted by atomic mass is 32.2. The topological polar surface area (TPSA) is 134 Å². The van der Waals surface area contributed by atoms with Gasteiger partial charge in [-0.25, -0.2) is 13.2 Å². The largest absolute Gasteiger partial charge is 0.444 e. The molecule has 3 heterocycles. The van der Waals surface area contributed by atoms with Gasteiger partial charge in [0.1, 0.15) is 12.2 Å². The van der Waals surface area contributed by atoms with Gasteiger partial charge < -0.3 is 20.1 Å². The van der Waals surface area contributed by atoms with E-state index in [-0.39, 0.29) is 24.0 Å². The SMILES string of the molecule is CC(C)NC(=O)O[C@@H]1CO[C@@H](c2cc(Nc3ccc4c(c3)CS(=O)(=O)N4)n[nH]2)C1. The summed E-state index contributed by atoms with van der Waals surface area (Å²) in [7, 11) is -3.28. The summed E-state index contributed by atoms with van der Waals surface area (Å²) in [5.41, 5.74) is 2.82. The summed E-state index contributed by atoms with van der Waals surface area (Å²) in [6, 6.07) is 7.12. The van der Waals surface area contributed by atoms with Crippen LogP contribution in [0.4, 0.5) is 22.0 Å². The van der Waals surface area contributed by atoms with Crippen LogP contribution in [-0.4, -0.2) is 43.5 Å². The van der Waals surface area contributed by atoms with Crippen molar-refractivity contribution in [1.82, 2.24) is 15.5 Å². The number of benzene rings is 1. The normalized spacial score (nSPS) is 22.2. The van der Waals surface area contributed by atoms with Crippen LogP contribution in [0.15, 0.2) is 24.3 Å². The molecule has 1 fully saturated rings. The number of ether oxygens (including phenoxy) is 2. The van der Waals surface area contributed by atoms with Crippen LogP contribution >= 0.6 is 0 Å². The third-order valence-corrected chi connectivity index (χ3v) is 5.80. The number of carbonyl (C=O) groups is 1. The van der Waals surface area contributed by atoms with Crippen molar-refractivity contribution >= 4 is 33.3 Å². The van der Waals surface area contributed by atoms with Crippen molar-refractivity contribution in [2.24, 2.45) is 0 Å². The quantitative estimate of drug-likeness (QED) is 0.582. The molecule has 2 atom stereocenters. The first-order chi connectivity index (χ1) is 13.8. The lowest BCUT2D eigenvalue weighted by molar-refractivity contribution is 0.0682. The van der Waals surface area contributed by atoms with E-state index in [4.69, 9.17) is 9.47 Å². The molecule has 0 bridgehead atoms. The predicted molar refractivity (Wildman–Crippen MR) is 106 cm³/mol. The molecule has 1 aromatic heterocycles. The van der Waals surface area contributed by atoms with Crippen molar-refractivity contribution < 1.29 is 22.7 Å². The Labute approximate surface area is 168 Å². The van der Waals surface area contributed by atoms with Crippen LogP contribution in [0, 0.1) is 0 Å². The van der Waals surface area contributed by atoms with Gasteiger partial charge in [-0.1, -0.05) is 0 Å². The molecule has 2 aliphatic rings. The molecular weight excluding hydrogens is 398 g/mol. The van der Waals surface area contributed by atoms with E-state index in [1.165, 1.54) is 0 Å². The molecule has 1 saturated heterocycles. The highest BCUT2D eigenvalue weighted by Gasteiger charge is 2.31. The smallest absolute Gasteiger partial charge is 0.407 e. The fourth-order valence-electron chi connectivity index (χ4n) is 3.33. The van der Waals surface area contributed by atoms with Crippen LogP contribution < -0.4 is 15.4 Å². The number of nitrogens with zero attached hydrogens (tertiary/aromatic N) is 1. The van der Waals surface area contributed by atoms with E-state index < -0.39 is 16.1 Å². The van der Waals surface area contributed by atoms with Crippen molar-refractivity contribution in [2.75, 3.05) is 16.6 Å². The Bertz CT molecular complexity index is 1020. The molecule has 1 aromatic carbocycles. The van der Waals surface area contributed by atoms with Crippen LogP contribution in [0.2, 0.25) is 0 Å². The molecule has 0 spiro atoms. The molecule has 2 aromatic rings. The van der Waals surface area contributed by atoms with E-state index in [1.54, 1.807) is 18.2 Å². The van der Waals surface area contributed by atoms with E-state index in [9.17, 15) is 13.2 Å². The minimum absolute atomic E-state index is 0.0111. The Morgan fingerprint density at radius 1 is 1.34 bits per heavy atom. The van der Waals surface area contributed by atoms with Crippen molar-refractivity contribution in [2.45, 2.75) is 44.3 Å². The summed E-state index contributed by atoms with van der Waals surface area (Å²) in [5, 5.41) is 13.0. The molecule has 1 amide bonds. The zero-order chi connectivity index (χ0) is 20.6. The summed E-state index contributed by atoms with van der Waals surface area (Å²) in [5.74, 6) is 0.546. The number of fused-ring (bicyclic) bond motifs is 1. The monoisotopic (exact) mass is 421 g/mol. The van der Waals surface area contributed by atoms with Crippen LogP contribution in [0.25, 0.3) is 0 Å². The number of hydrogen-bond donors (Lipinski definition) is 4. The second-order valence-electron chi connectivity index (χ2n) is 7.45. The van der Waals surface area contributed by atoms with Crippen molar-refractivity contribution in [3.8, 4) is 0 Å². The van der Waals surface area contributed by atoms with Gasteiger partial charge in [0.2, 0.25) is 10.0 Å². The van der Waals surface area contributed by atoms with E-state index >= 15 is 0 Å². The lowest BCUT2D eigenvalue weighted by Gasteiger charge is -2.13. The molecule has 0 saturated carbocycles. The van der Waals surface area contributed by atoms with Crippen LogP contribution in [-0.2, 0) is 25.2 Å². The van der Waals surface area contributed by atoms with Gasteiger partial charge >= 0.3 is 6.09 Å². The van der Waals surface area contributed by atoms with Crippen LogP contribution in [0.5, 0.6) is 0 Å². The summed E-state index contributed by atoms with van der Waals surface area (Å²) in [6.07, 6.45) is -0.474. The number of hydrogen-bond acceptors (Lipinski definition) is 7. The highest BCUT2D eigenvalue weighted by Crippen LogP contribution is 2.32. The Morgan fingerprint density at radius 2 is 2.17 bits per heavy atom. The van der Waals surface area contributed by atoms with Crippen molar-refractivity contribution in [1.29, 1.82) is 0 Å². The lowest BCUT2D eigenvalue weighted by Crippen LogP contribution is -2.33. The van der Waals surface area contributed by atoms with Gasteiger partial charge in [0.15, 0.2) is 5.82 Å². The average Bonchev–Trinajstić information content (AvgIpc) is 3.31. The molecule has 10 nitrogen and oxygen atoms in total. The first-order valence-electron chi connectivity index (χ1n) is 9.32. The second kappa shape index (κ2) is 7.56. The minimum Gasteiger partial charge on any atom is -0.444 e. The third-order valence-electron chi connectivity index (χ3n) is 4.57. The number of anilines is 3. The molecule has 0 radical (unpaired) electrons. The summed E-state index contributed by atoms with van der Waals surface area (Å²) < 4.78 is 36.9. The number of sulfonamides is 1. The van der Waals surface area contributed by atoms with Gasteiger partial charge in [-0.3, -0.25) is 9.82 Å². The molecule has 2 aliphatic heterocycles. The number of carbonyl (C=O) groups excluding carboxylic acids is 1. The van der Waals surface area contributed by atoms with E-state index in [0.717, 1.165) is 11.4 Å². The van der Waals surface area contributed by atoms with Gasteiger partial charge in [0.05, 0.1) is 23.7 Å². The van der Waals surface area contributed by atoms with Gasteiger partial charge in [0, 0.05) is 24.2 Å². The van der Waals surface area contributed by atoms with E-state index in [2.05, 4.69) is 25.6 Å². The number of amides is 1. The van der Waals surface area contributed by atoms with Crippen LogP contribution in [0.3, 0.4) is 0 Å². The molecule has 4 rings (SSSR count). The summed E-state index contributed by atoms with van der Waals surface area (Å²) in [6.45, 7) is 4.06. The Kier molecular flexibility index (Phi) is 5.09. The maximum absolute atomic E-state index is 11.7. The van der Waals surface area contributed by atoms with E-state index in [1.807, 2.05) is 19.9 Å². The molecule has 0 unspecified atom stereocenters. The van der Waals surface area contributed by atoms with Gasteiger partial charge in [-0.2, -0.15) is 5.10 Å². The molecule has 29 heavy (non-hydrogen) atoms. The maximum atomic E-state index is 11.7. The highest BCUT2D eigenvalue weighted by molar-refractivity contribution is 7.92. The average molecular weight is 421 g/mol. The van der Waals surface area contributed by atoms with Gasteiger partial charge in [0.25, 0.3) is 0 Å². The van der Waals surface area contributed by atoms with E-state index in [0.29, 0.717) is 30.1 Å². The standard InChI is InChI=1S/C18H23N5O5S/c1-10(2)19-18(24)28-13-6-16(27-8-13)15-7-17(22-21-15)20-12-3-4-14-11(5-12)9-29(25,26)23-14/h3-5,7,10,13,16,23H,6,8-9H2,1-2H3,(H,19,24)(H2,20,21,22)/t13-,16+/m0/s1. The first kappa shape index (κ1) is 19.5. The predicted octanol–water partition coefficient (Wildman–Crippen LogP) is 2.37. The first-order valence-corrected chi connectivity index (χ1v) is 11.0. The summed E-state index contributed by atoms with van der Waals surface area (Å²) in [4.78, 5) is 11.7. The number of alkyl carbamates (subject to hydrolysis) is 1. The Hall–Kier alpha value is -2.79. The number of aromatic amines is 1. The van der Waals surface area contributed by atoms with Crippen molar-refractivity contribution in [3.05, 3.63) is 35.5 Å². The summed E-state index contributed by atoms with van der Waals surface area (Å²) >= 11 is 0. The molecular formula is C18H23N5O5S. The number of H-pyrrole nitrogens is 1. The van der Waals surface area contributed by atoms with Gasteiger partial charge in [-0.05, 0) is 37.6 Å². The minimum atomic E-state index is -3.28. The zero-order valence-corrected chi connectivity index (χ0v) is 16.9. The number of nitrogens with one attached hydrogen (secondary N) is 4. The molecule has 11 heteroatoms. The third kappa shape index (κ3) is 4.62. The molecule has 0 aliphatic carbocycles. The Morgan fingerprint density at radius 3 is 2.97 bits per heavy atom. The van der Waals surface area contributed by atoms with Crippen molar-refractivity contribution in [3.63, 3.8) is 0 Å². The van der Waals surface area contributed by atoms with Crippen LogP contribution in [0.1, 0.15) is 37.6 Å². The second-order valence-corrected chi connectivity index (χ2v) is 9.17. The molecule has 4 N–H and O–H groups in total. The Balaban J connectivity index is 1.36. The zero-order valence-electron chi connectivity index (χ0n) is 16.1. The number of rotatable bonds is 5. The van der Waals surface area contributed by atoms with Gasteiger partial charge in [-0.15, -0.1) is 0 Å². The fraction of sp³-hybridized carbons (Fsp3) is 0.444. The lowest BCUT2D eigenvalue weighted by atomic mass is 10.1. The fourth-order valence-corrected chi connectivity index (χ4v) is 4.59.